The van der Waals surface area contributed by atoms with Gasteiger partial charge in [0.25, 0.3) is 5.91 Å². The Morgan fingerprint density at radius 2 is 1.62 bits per heavy atom. The van der Waals surface area contributed by atoms with E-state index in [0.29, 0.717) is 37.0 Å². The maximum Gasteiger partial charge on any atom is 0.254 e. The van der Waals surface area contributed by atoms with Gasteiger partial charge >= 0.3 is 0 Å². The number of pyridine rings is 1. The number of amides is 2. The average molecular weight is 388 g/mol. The van der Waals surface area contributed by atoms with Gasteiger partial charge in [-0.1, -0.05) is 30.3 Å². The molecule has 1 saturated heterocycles. The van der Waals surface area contributed by atoms with E-state index in [0.717, 1.165) is 16.8 Å². The van der Waals surface area contributed by atoms with E-state index in [1.54, 1.807) is 11.0 Å². The lowest BCUT2D eigenvalue weighted by molar-refractivity contribution is -0.122. The van der Waals surface area contributed by atoms with Crippen LogP contribution in [0.1, 0.15) is 23.2 Å². The van der Waals surface area contributed by atoms with E-state index in [2.05, 4.69) is 15.6 Å². The number of aromatic nitrogens is 1. The van der Waals surface area contributed by atoms with Crippen molar-refractivity contribution in [1.29, 1.82) is 0 Å². The molecule has 0 atom stereocenters. The second kappa shape index (κ2) is 6.48. The maximum atomic E-state index is 13.2. The van der Waals surface area contributed by atoms with Gasteiger partial charge in [-0.3, -0.25) is 14.4 Å². The number of aromatic amines is 1. The summed E-state index contributed by atoms with van der Waals surface area (Å²) in [6.07, 6.45) is 1.00. The van der Waals surface area contributed by atoms with Crippen molar-refractivity contribution in [2.45, 2.75) is 18.4 Å². The van der Waals surface area contributed by atoms with Gasteiger partial charge in [0.1, 0.15) is 5.54 Å². The summed E-state index contributed by atoms with van der Waals surface area (Å²) in [5.74, 6) is -0.247. The molecule has 0 bridgehead atoms. The standard InChI is InChI=1S/C22H20N4O3/c27-19-13-15(14-5-1-2-6-16(14)23-19)20(28)26-11-9-22(10-12-26)21(29)24-17-7-3-4-8-18(17)25-22/h1-8,13,25H,9-12H2,(H,23,27)(H,24,29). The Morgan fingerprint density at radius 1 is 0.931 bits per heavy atom. The van der Waals surface area contributed by atoms with Gasteiger partial charge in [0.2, 0.25) is 11.5 Å². The van der Waals surface area contributed by atoms with Crippen LogP contribution in [0.25, 0.3) is 10.9 Å². The van der Waals surface area contributed by atoms with Crippen molar-refractivity contribution in [2.75, 3.05) is 23.7 Å². The van der Waals surface area contributed by atoms with E-state index in [1.807, 2.05) is 42.5 Å². The van der Waals surface area contributed by atoms with Crippen LogP contribution in [0.2, 0.25) is 0 Å². The summed E-state index contributed by atoms with van der Waals surface area (Å²) in [6.45, 7) is 0.866. The number of para-hydroxylation sites is 3. The number of hydrogen-bond acceptors (Lipinski definition) is 4. The molecule has 0 radical (unpaired) electrons. The van der Waals surface area contributed by atoms with Crippen molar-refractivity contribution in [2.24, 2.45) is 0 Å². The first-order chi connectivity index (χ1) is 14.1. The van der Waals surface area contributed by atoms with Gasteiger partial charge in [-0.2, -0.15) is 0 Å². The van der Waals surface area contributed by atoms with Gasteiger partial charge in [-0.25, -0.2) is 0 Å². The number of nitrogens with one attached hydrogen (secondary N) is 3. The molecule has 7 nitrogen and oxygen atoms in total. The highest BCUT2D eigenvalue weighted by atomic mass is 16.2. The molecule has 7 heteroatoms. The number of piperidine rings is 1. The lowest BCUT2D eigenvalue weighted by Crippen LogP contribution is -2.59. The summed E-state index contributed by atoms with van der Waals surface area (Å²) in [5, 5.41) is 7.09. The third kappa shape index (κ3) is 2.86. The van der Waals surface area contributed by atoms with Crippen LogP contribution >= 0.6 is 0 Å². The molecule has 3 N–H and O–H groups in total. The number of carbonyl (C=O) groups excluding carboxylic acids is 2. The quantitative estimate of drug-likeness (QED) is 0.597. The fraction of sp³-hybridized carbons (Fsp3) is 0.227. The molecule has 1 aromatic heterocycles. The van der Waals surface area contributed by atoms with Gasteiger partial charge in [0.05, 0.1) is 16.9 Å². The Kier molecular flexibility index (Phi) is 3.91. The number of benzene rings is 2. The first kappa shape index (κ1) is 17.5. The summed E-state index contributed by atoms with van der Waals surface area (Å²) in [4.78, 5) is 42.4. The van der Waals surface area contributed by atoms with Crippen LogP contribution in [0.5, 0.6) is 0 Å². The number of hydrogen-bond donors (Lipinski definition) is 3. The summed E-state index contributed by atoms with van der Waals surface area (Å²) in [5.41, 5.74) is 1.68. The van der Waals surface area contributed by atoms with Crippen LogP contribution in [-0.2, 0) is 4.79 Å². The molecular weight excluding hydrogens is 368 g/mol. The number of H-pyrrole nitrogens is 1. The number of fused-ring (bicyclic) bond motifs is 2. The fourth-order valence-electron chi connectivity index (χ4n) is 4.25. The van der Waals surface area contributed by atoms with Crippen molar-refractivity contribution < 1.29 is 9.59 Å². The van der Waals surface area contributed by atoms with E-state index in [4.69, 9.17) is 0 Å². The minimum atomic E-state index is -0.721. The predicted octanol–water partition coefficient (Wildman–Crippen LogP) is 2.57. The molecule has 0 saturated carbocycles. The second-order valence-corrected chi connectivity index (χ2v) is 7.59. The van der Waals surface area contributed by atoms with E-state index in [9.17, 15) is 14.4 Å². The molecule has 146 valence electrons. The van der Waals surface area contributed by atoms with Crippen LogP contribution in [0.3, 0.4) is 0 Å². The van der Waals surface area contributed by atoms with E-state index in [1.165, 1.54) is 6.07 Å². The van der Waals surface area contributed by atoms with Crippen molar-refractivity contribution >= 4 is 34.1 Å². The molecule has 1 fully saturated rings. The molecule has 0 unspecified atom stereocenters. The number of nitrogens with zero attached hydrogens (tertiary/aromatic N) is 1. The van der Waals surface area contributed by atoms with E-state index >= 15 is 0 Å². The SMILES string of the molecule is O=C(c1cc(=O)[nH]c2ccccc12)N1CCC2(CC1)Nc1ccccc1NC2=O. The van der Waals surface area contributed by atoms with Gasteiger partial charge in [0.15, 0.2) is 0 Å². The molecular formula is C22H20N4O3. The normalized spacial score (nSPS) is 17.5. The highest BCUT2D eigenvalue weighted by Crippen LogP contribution is 2.36. The fourth-order valence-corrected chi connectivity index (χ4v) is 4.25. The van der Waals surface area contributed by atoms with Crippen LogP contribution < -0.4 is 16.2 Å². The first-order valence-electron chi connectivity index (χ1n) is 9.66. The molecule has 2 aliphatic rings. The lowest BCUT2D eigenvalue weighted by Gasteiger charge is -2.44. The van der Waals surface area contributed by atoms with Crippen LogP contribution in [0.15, 0.2) is 59.4 Å². The second-order valence-electron chi connectivity index (χ2n) is 7.59. The van der Waals surface area contributed by atoms with Crippen LogP contribution in [0.4, 0.5) is 11.4 Å². The molecule has 0 aliphatic carbocycles. The molecule has 2 aromatic carbocycles. The average Bonchev–Trinajstić information content (AvgIpc) is 2.74. The molecule has 2 amide bonds. The van der Waals surface area contributed by atoms with Gasteiger partial charge in [-0.05, 0) is 31.0 Å². The number of rotatable bonds is 1. The van der Waals surface area contributed by atoms with Crippen molar-refractivity contribution in [3.05, 3.63) is 70.5 Å². The zero-order chi connectivity index (χ0) is 20.0. The predicted molar refractivity (Wildman–Crippen MR) is 111 cm³/mol. The minimum Gasteiger partial charge on any atom is -0.369 e. The number of likely N-dealkylation sites (tertiary alicyclic amines) is 1. The van der Waals surface area contributed by atoms with Gasteiger partial charge in [0, 0.05) is 30.1 Å². The third-order valence-corrected chi connectivity index (χ3v) is 5.87. The highest BCUT2D eigenvalue weighted by Gasteiger charge is 2.45. The zero-order valence-electron chi connectivity index (χ0n) is 15.7. The molecule has 5 rings (SSSR count). The topological polar surface area (TPSA) is 94.3 Å². The smallest absolute Gasteiger partial charge is 0.254 e. The summed E-state index contributed by atoms with van der Waals surface area (Å²) >= 11 is 0. The lowest BCUT2D eigenvalue weighted by atomic mass is 9.84. The van der Waals surface area contributed by atoms with Crippen molar-refractivity contribution in [3.63, 3.8) is 0 Å². The zero-order valence-corrected chi connectivity index (χ0v) is 15.7. The highest BCUT2D eigenvalue weighted by molar-refractivity contribution is 6.07. The van der Waals surface area contributed by atoms with E-state index in [-0.39, 0.29) is 17.4 Å². The Morgan fingerprint density at radius 3 is 2.41 bits per heavy atom. The minimum absolute atomic E-state index is 0.0649. The number of anilines is 2. The Hall–Kier alpha value is -3.61. The Balaban J connectivity index is 1.40. The Bertz CT molecular complexity index is 1190. The largest absolute Gasteiger partial charge is 0.369 e. The summed E-state index contributed by atoms with van der Waals surface area (Å²) in [6, 6.07) is 16.2. The van der Waals surface area contributed by atoms with Crippen molar-refractivity contribution in [3.8, 4) is 0 Å². The van der Waals surface area contributed by atoms with Crippen LogP contribution in [-0.4, -0.2) is 40.3 Å². The van der Waals surface area contributed by atoms with Gasteiger partial charge < -0.3 is 20.5 Å². The first-order valence-corrected chi connectivity index (χ1v) is 9.66. The Labute approximate surface area is 166 Å². The number of carbonyl (C=O) groups is 2. The summed E-state index contributed by atoms with van der Waals surface area (Å²) in [7, 11) is 0. The maximum absolute atomic E-state index is 13.2. The summed E-state index contributed by atoms with van der Waals surface area (Å²) < 4.78 is 0. The molecule has 1 spiro atoms. The molecule has 29 heavy (non-hydrogen) atoms. The van der Waals surface area contributed by atoms with E-state index < -0.39 is 5.54 Å². The third-order valence-electron chi connectivity index (χ3n) is 5.87. The molecule has 3 aromatic rings. The molecule has 2 aliphatic heterocycles. The van der Waals surface area contributed by atoms with Crippen LogP contribution in [0, 0.1) is 0 Å². The van der Waals surface area contributed by atoms with Gasteiger partial charge in [-0.15, -0.1) is 0 Å². The van der Waals surface area contributed by atoms with Crippen molar-refractivity contribution in [1.82, 2.24) is 9.88 Å². The monoisotopic (exact) mass is 388 g/mol. The molecule has 3 heterocycles.